The van der Waals surface area contributed by atoms with Crippen molar-refractivity contribution in [1.82, 2.24) is 0 Å². The lowest BCUT2D eigenvalue weighted by Gasteiger charge is -2.08. The number of hydrogen-bond donors (Lipinski definition) is 1. The van der Waals surface area contributed by atoms with Gasteiger partial charge in [-0.3, -0.25) is 4.79 Å². The monoisotopic (exact) mass is 289 g/mol. The van der Waals surface area contributed by atoms with E-state index in [4.69, 9.17) is 16.3 Å². The maximum atomic E-state index is 12.0. The quantitative estimate of drug-likeness (QED) is 0.929. The fraction of sp³-hybridized carbons (Fsp3) is 0.188. The molecule has 1 N–H and O–H groups in total. The van der Waals surface area contributed by atoms with Crippen LogP contribution in [0.15, 0.2) is 42.5 Å². The minimum atomic E-state index is -0.0724. The number of halogens is 1. The molecule has 20 heavy (non-hydrogen) atoms. The molecule has 1 amide bonds. The summed E-state index contributed by atoms with van der Waals surface area (Å²) in [5.74, 6) is 0.514. The Morgan fingerprint density at radius 1 is 1.25 bits per heavy atom. The number of amides is 1. The summed E-state index contributed by atoms with van der Waals surface area (Å²) in [5, 5.41) is 3.30. The molecule has 0 saturated carbocycles. The lowest BCUT2D eigenvalue weighted by molar-refractivity contribution is -0.115. The smallest absolute Gasteiger partial charge is 0.228 e. The molecule has 0 unspecified atom stereocenters. The van der Waals surface area contributed by atoms with E-state index in [9.17, 15) is 4.79 Å². The Bertz CT molecular complexity index is 626. The molecule has 0 spiro atoms. The van der Waals surface area contributed by atoms with Crippen LogP contribution in [0.4, 0.5) is 5.69 Å². The molecule has 2 aromatic carbocycles. The number of anilines is 1. The first kappa shape index (κ1) is 14.4. The van der Waals surface area contributed by atoms with Crippen molar-refractivity contribution in [1.29, 1.82) is 0 Å². The van der Waals surface area contributed by atoms with Gasteiger partial charge in [-0.1, -0.05) is 41.4 Å². The van der Waals surface area contributed by atoms with Gasteiger partial charge in [0, 0.05) is 5.69 Å². The van der Waals surface area contributed by atoms with E-state index in [1.54, 1.807) is 25.3 Å². The standard InChI is InChI=1S/C16H16ClNO2/c1-11-4-3-5-12(8-11)9-16(19)18-13-6-7-15(20-2)14(17)10-13/h3-8,10H,9H2,1-2H3,(H,18,19). The summed E-state index contributed by atoms with van der Waals surface area (Å²) in [6.45, 7) is 2.00. The number of methoxy groups -OCH3 is 1. The third-order valence-electron chi connectivity index (χ3n) is 2.88. The highest BCUT2D eigenvalue weighted by Gasteiger charge is 2.06. The van der Waals surface area contributed by atoms with Gasteiger partial charge in [0.2, 0.25) is 5.91 Å². The van der Waals surface area contributed by atoms with Gasteiger partial charge < -0.3 is 10.1 Å². The van der Waals surface area contributed by atoms with E-state index in [2.05, 4.69) is 5.32 Å². The van der Waals surface area contributed by atoms with Gasteiger partial charge in [-0.2, -0.15) is 0 Å². The van der Waals surface area contributed by atoms with Crippen LogP contribution in [-0.4, -0.2) is 13.0 Å². The number of aryl methyl sites for hydroxylation is 1. The van der Waals surface area contributed by atoms with Crippen molar-refractivity contribution in [2.75, 3.05) is 12.4 Å². The molecular formula is C16H16ClNO2. The van der Waals surface area contributed by atoms with Gasteiger partial charge in [0.25, 0.3) is 0 Å². The highest BCUT2D eigenvalue weighted by molar-refractivity contribution is 6.32. The average Bonchev–Trinajstić information content (AvgIpc) is 2.38. The molecule has 0 radical (unpaired) electrons. The van der Waals surface area contributed by atoms with Crippen molar-refractivity contribution < 1.29 is 9.53 Å². The third-order valence-corrected chi connectivity index (χ3v) is 3.18. The normalized spacial score (nSPS) is 10.2. The minimum Gasteiger partial charge on any atom is -0.495 e. The van der Waals surface area contributed by atoms with E-state index >= 15 is 0 Å². The molecule has 0 aliphatic rings. The van der Waals surface area contributed by atoms with Crippen molar-refractivity contribution in [2.24, 2.45) is 0 Å². The van der Waals surface area contributed by atoms with Gasteiger partial charge in [-0.15, -0.1) is 0 Å². The second-order valence-electron chi connectivity index (χ2n) is 4.56. The van der Waals surface area contributed by atoms with Gasteiger partial charge in [-0.05, 0) is 30.7 Å². The number of rotatable bonds is 4. The molecule has 0 aromatic heterocycles. The Hall–Kier alpha value is -2.00. The first-order valence-corrected chi connectivity index (χ1v) is 6.65. The van der Waals surface area contributed by atoms with E-state index < -0.39 is 0 Å². The number of ether oxygens (including phenoxy) is 1. The summed E-state index contributed by atoms with van der Waals surface area (Å²) >= 11 is 6.02. The van der Waals surface area contributed by atoms with Crippen LogP contribution in [0.25, 0.3) is 0 Å². The molecule has 2 aromatic rings. The number of carbonyl (C=O) groups excluding carboxylic acids is 1. The summed E-state index contributed by atoms with van der Waals surface area (Å²) in [6.07, 6.45) is 0.339. The van der Waals surface area contributed by atoms with Crippen molar-refractivity contribution in [3.8, 4) is 5.75 Å². The topological polar surface area (TPSA) is 38.3 Å². The molecule has 0 saturated heterocycles. The van der Waals surface area contributed by atoms with Crippen molar-refractivity contribution in [3.05, 3.63) is 58.6 Å². The molecular weight excluding hydrogens is 274 g/mol. The van der Waals surface area contributed by atoms with Crippen molar-refractivity contribution in [2.45, 2.75) is 13.3 Å². The Kier molecular flexibility index (Phi) is 4.64. The van der Waals surface area contributed by atoms with E-state index in [0.29, 0.717) is 22.9 Å². The Morgan fingerprint density at radius 2 is 2.05 bits per heavy atom. The molecule has 0 aliphatic carbocycles. The zero-order valence-corrected chi connectivity index (χ0v) is 12.2. The summed E-state index contributed by atoms with van der Waals surface area (Å²) in [5.41, 5.74) is 2.79. The molecule has 0 atom stereocenters. The molecule has 2 rings (SSSR count). The van der Waals surface area contributed by atoms with Crippen LogP contribution in [0.3, 0.4) is 0 Å². The lowest BCUT2D eigenvalue weighted by atomic mass is 10.1. The first-order chi connectivity index (χ1) is 9.58. The number of nitrogens with one attached hydrogen (secondary N) is 1. The lowest BCUT2D eigenvalue weighted by Crippen LogP contribution is -2.14. The van der Waals surface area contributed by atoms with Gasteiger partial charge in [-0.25, -0.2) is 0 Å². The minimum absolute atomic E-state index is 0.0724. The fourth-order valence-electron chi connectivity index (χ4n) is 1.96. The molecule has 3 nitrogen and oxygen atoms in total. The van der Waals surface area contributed by atoms with Crippen molar-refractivity contribution >= 4 is 23.2 Å². The molecule has 0 heterocycles. The maximum Gasteiger partial charge on any atom is 0.228 e. The third kappa shape index (κ3) is 3.75. The summed E-state index contributed by atoms with van der Waals surface area (Å²) in [6, 6.07) is 13.1. The van der Waals surface area contributed by atoms with E-state index in [1.165, 1.54) is 0 Å². The second kappa shape index (κ2) is 6.44. The van der Waals surface area contributed by atoms with Gasteiger partial charge in [0.15, 0.2) is 0 Å². The van der Waals surface area contributed by atoms with Gasteiger partial charge in [0.1, 0.15) is 5.75 Å². The van der Waals surface area contributed by atoms with Gasteiger partial charge >= 0.3 is 0 Å². The van der Waals surface area contributed by atoms with Crippen LogP contribution >= 0.6 is 11.6 Å². The molecule has 0 bridgehead atoms. The summed E-state index contributed by atoms with van der Waals surface area (Å²) < 4.78 is 5.07. The number of carbonyl (C=O) groups is 1. The summed E-state index contributed by atoms with van der Waals surface area (Å²) in [4.78, 5) is 12.0. The zero-order chi connectivity index (χ0) is 14.5. The van der Waals surface area contributed by atoms with Crippen LogP contribution in [0, 0.1) is 6.92 Å². The van der Waals surface area contributed by atoms with Crippen LogP contribution in [-0.2, 0) is 11.2 Å². The van der Waals surface area contributed by atoms with Crippen LogP contribution < -0.4 is 10.1 Å². The Labute approximate surface area is 123 Å². The molecule has 104 valence electrons. The van der Waals surface area contributed by atoms with Gasteiger partial charge in [0.05, 0.1) is 18.6 Å². The predicted octanol–water partition coefficient (Wildman–Crippen LogP) is 3.84. The number of hydrogen-bond acceptors (Lipinski definition) is 2. The molecule has 4 heteroatoms. The first-order valence-electron chi connectivity index (χ1n) is 6.27. The SMILES string of the molecule is COc1ccc(NC(=O)Cc2cccc(C)c2)cc1Cl. The zero-order valence-electron chi connectivity index (χ0n) is 11.4. The Balaban J connectivity index is 2.03. The van der Waals surface area contributed by atoms with Crippen LogP contribution in [0.5, 0.6) is 5.75 Å². The van der Waals surface area contributed by atoms with E-state index in [-0.39, 0.29) is 5.91 Å². The maximum absolute atomic E-state index is 12.0. The largest absolute Gasteiger partial charge is 0.495 e. The predicted molar refractivity (Wildman–Crippen MR) is 81.5 cm³/mol. The van der Waals surface area contributed by atoms with E-state index in [0.717, 1.165) is 11.1 Å². The summed E-state index contributed by atoms with van der Waals surface area (Å²) in [7, 11) is 1.55. The Morgan fingerprint density at radius 3 is 2.70 bits per heavy atom. The average molecular weight is 290 g/mol. The highest BCUT2D eigenvalue weighted by atomic mass is 35.5. The second-order valence-corrected chi connectivity index (χ2v) is 4.97. The number of benzene rings is 2. The fourth-order valence-corrected chi connectivity index (χ4v) is 2.21. The van der Waals surface area contributed by atoms with Crippen LogP contribution in [0.1, 0.15) is 11.1 Å². The molecule has 0 fully saturated rings. The highest BCUT2D eigenvalue weighted by Crippen LogP contribution is 2.27. The van der Waals surface area contributed by atoms with E-state index in [1.807, 2.05) is 31.2 Å². The molecule has 0 aliphatic heterocycles. The van der Waals surface area contributed by atoms with Crippen LogP contribution in [0.2, 0.25) is 5.02 Å². The van der Waals surface area contributed by atoms with Crippen molar-refractivity contribution in [3.63, 3.8) is 0 Å².